The number of hydrogen-bond acceptors (Lipinski definition) is 5. The SMILES string of the molecule is O=S(=O)(c1ccc(CNc2ccncc2Cl)cc1)N1CCOCC1. The predicted octanol–water partition coefficient (Wildman–Crippen LogP) is 2.37. The van der Waals surface area contributed by atoms with E-state index in [1.807, 2.05) is 0 Å². The van der Waals surface area contributed by atoms with Gasteiger partial charge in [0.2, 0.25) is 10.0 Å². The lowest BCUT2D eigenvalue weighted by Gasteiger charge is -2.26. The summed E-state index contributed by atoms with van der Waals surface area (Å²) in [5.74, 6) is 0. The molecule has 128 valence electrons. The van der Waals surface area contributed by atoms with E-state index in [0.29, 0.717) is 42.8 Å². The molecule has 1 aromatic carbocycles. The Bertz CT molecular complexity index is 790. The first kappa shape index (κ1) is 17.2. The molecule has 0 radical (unpaired) electrons. The summed E-state index contributed by atoms with van der Waals surface area (Å²) in [6.07, 6.45) is 3.23. The summed E-state index contributed by atoms with van der Waals surface area (Å²) in [6.45, 7) is 2.21. The number of sulfonamides is 1. The number of hydrogen-bond donors (Lipinski definition) is 1. The molecule has 0 amide bonds. The van der Waals surface area contributed by atoms with Crippen molar-refractivity contribution in [3.63, 3.8) is 0 Å². The zero-order valence-corrected chi connectivity index (χ0v) is 14.6. The zero-order valence-electron chi connectivity index (χ0n) is 13.0. The minimum absolute atomic E-state index is 0.301. The van der Waals surface area contributed by atoms with Crippen molar-refractivity contribution in [2.24, 2.45) is 0 Å². The lowest BCUT2D eigenvalue weighted by atomic mass is 10.2. The molecule has 0 aliphatic carbocycles. The molecule has 6 nitrogen and oxygen atoms in total. The van der Waals surface area contributed by atoms with Crippen molar-refractivity contribution in [2.75, 3.05) is 31.6 Å². The van der Waals surface area contributed by atoms with Gasteiger partial charge in [-0.2, -0.15) is 4.31 Å². The fourth-order valence-corrected chi connectivity index (χ4v) is 4.03. The molecular weight excluding hydrogens is 350 g/mol. The molecule has 1 aliphatic heterocycles. The molecule has 0 unspecified atom stereocenters. The first-order valence-corrected chi connectivity index (χ1v) is 9.39. The van der Waals surface area contributed by atoms with Gasteiger partial charge >= 0.3 is 0 Å². The fraction of sp³-hybridized carbons (Fsp3) is 0.312. The van der Waals surface area contributed by atoms with E-state index >= 15 is 0 Å². The molecule has 0 saturated carbocycles. The maximum Gasteiger partial charge on any atom is 0.243 e. The Labute approximate surface area is 146 Å². The van der Waals surface area contributed by atoms with Crippen LogP contribution in [0.15, 0.2) is 47.6 Å². The molecule has 1 aromatic heterocycles. The smallest absolute Gasteiger partial charge is 0.243 e. The van der Waals surface area contributed by atoms with Crippen LogP contribution in [0.5, 0.6) is 0 Å². The van der Waals surface area contributed by atoms with Crippen molar-refractivity contribution in [2.45, 2.75) is 11.4 Å². The first-order chi connectivity index (χ1) is 11.6. The number of pyridine rings is 1. The van der Waals surface area contributed by atoms with Gasteiger partial charge < -0.3 is 10.1 Å². The summed E-state index contributed by atoms with van der Waals surface area (Å²) in [5, 5.41) is 3.75. The van der Waals surface area contributed by atoms with Gasteiger partial charge in [-0.3, -0.25) is 4.98 Å². The van der Waals surface area contributed by atoms with Crippen LogP contribution in [0.2, 0.25) is 5.02 Å². The Balaban J connectivity index is 1.68. The van der Waals surface area contributed by atoms with Crippen molar-refractivity contribution >= 4 is 27.3 Å². The van der Waals surface area contributed by atoms with Crippen LogP contribution >= 0.6 is 11.6 Å². The summed E-state index contributed by atoms with van der Waals surface area (Å²) in [4.78, 5) is 4.23. The molecule has 0 bridgehead atoms. The number of halogens is 1. The lowest BCUT2D eigenvalue weighted by Crippen LogP contribution is -2.40. The van der Waals surface area contributed by atoms with Gasteiger partial charge in [0.25, 0.3) is 0 Å². The summed E-state index contributed by atoms with van der Waals surface area (Å²) < 4.78 is 31.8. The van der Waals surface area contributed by atoms with Crippen LogP contribution in [0.25, 0.3) is 0 Å². The van der Waals surface area contributed by atoms with Crippen LogP contribution < -0.4 is 5.32 Å². The highest BCUT2D eigenvalue weighted by Gasteiger charge is 2.25. The predicted molar refractivity (Wildman–Crippen MR) is 92.6 cm³/mol. The van der Waals surface area contributed by atoms with E-state index in [-0.39, 0.29) is 0 Å². The highest BCUT2D eigenvalue weighted by molar-refractivity contribution is 7.89. The average Bonchev–Trinajstić information content (AvgIpc) is 2.62. The van der Waals surface area contributed by atoms with Crippen LogP contribution in [0, 0.1) is 0 Å². The number of nitrogens with zero attached hydrogens (tertiary/aromatic N) is 2. The van der Waals surface area contributed by atoms with Crippen LogP contribution in [0.3, 0.4) is 0 Å². The molecule has 1 aliphatic rings. The van der Waals surface area contributed by atoms with Crippen LogP contribution in [0.4, 0.5) is 5.69 Å². The summed E-state index contributed by atoms with van der Waals surface area (Å²) in [7, 11) is -3.45. The van der Waals surface area contributed by atoms with E-state index < -0.39 is 10.0 Å². The van der Waals surface area contributed by atoms with Crippen LogP contribution in [-0.2, 0) is 21.3 Å². The number of aromatic nitrogens is 1. The average molecular weight is 368 g/mol. The normalized spacial score (nSPS) is 16.0. The van der Waals surface area contributed by atoms with Gasteiger partial charge in [0.1, 0.15) is 0 Å². The standard InChI is InChI=1S/C16H18ClN3O3S/c17-15-12-18-6-5-16(15)19-11-13-1-3-14(4-2-13)24(21,22)20-7-9-23-10-8-20/h1-6,12H,7-11H2,(H,18,19). The van der Waals surface area contributed by atoms with Crippen LogP contribution in [-0.4, -0.2) is 44.0 Å². The Morgan fingerprint density at radius 2 is 1.88 bits per heavy atom. The van der Waals surface area contributed by atoms with E-state index in [2.05, 4.69) is 10.3 Å². The second-order valence-electron chi connectivity index (χ2n) is 5.37. The molecule has 3 rings (SSSR count). The lowest BCUT2D eigenvalue weighted by molar-refractivity contribution is 0.0730. The van der Waals surface area contributed by atoms with Gasteiger partial charge in [-0.1, -0.05) is 23.7 Å². The third kappa shape index (κ3) is 3.87. The zero-order chi connectivity index (χ0) is 17.0. The Morgan fingerprint density at radius 1 is 1.17 bits per heavy atom. The maximum atomic E-state index is 12.6. The van der Waals surface area contributed by atoms with Gasteiger partial charge in [-0.15, -0.1) is 0 Å². The number of anilines is 1. The van der Waals surface area contributed by atoms with Crippen molar-refractivity contribution in [3.8, 4) is 0 Å². The van der Waals surface area contributed by atoms with E-state index in [0.717, 1.165) is 11.3 Å². The molecule has 2 heterocycles. The van der Waals surface area contributed by atoms with Crippen molar-refractivity contribution < 1.29 is 13.2 Å². The highest BCUT2D eigenvalue weighted by Crippen LogP contribution is 2.21. The fourth-order valence-electron chi connectivity index (χ4n) is 2.43. The number of nitrogens with one attached hydrogen (secondary N) is 1. The topological polar surface area (TPSA) is 71.5 Å². The minimum Gasteiger partial charge on any atom is -0.380 e. The van der Waals surface area contributed by atoms with Crippen molar-refractivity contribution in [1.82, 2.24) is 9.29 Å². The van der Waals surface area contributed by atoms with Gasteiger partial charge in [0.05, 0.1) is 28.8 Å². The first-order valence-electron chi connectivity index (χ1n) is 7.57. The molecule has 1 saturated heterocycles. The quantitative estimate of drug-likeness (QED) is 0.878. The third-order valence-electron chi connectivity index (χ3n) is 3.79. The van der Waals surface area contributed by atoms with Gasteiger partial charge in [0.15, 0.2) is 0 Å². The molecular formula is C16H18ClN3O3S. The Hall–Kier alpha value is -1.67. The second-order valence-corrected chi connectivity index (χ2v) is 7.71. The van der Waals surface area contributed by atoms with E-state index in [1.54, 1.807) is 42.7 Å². The molecule has 0 spiro atoms. The number of rotatable bonds is 5. The van der Waals surface area contributed by atoms with Crippen LogP contribution in [0.1, 0.15) is 5.56 Å². The minimum atomic E-state index is -3.45. The third-order valence-corrected chi connectivity index (χ3v) is 6.00. The second kappa shape index (κ2) is 7.48. The van der Waals surface area contributed by atoms with Gasteiger partial charge in [-0.05, 0) is 23.8 Å². The van der Waals surface area contributed by atoms with Gasteiger partial charge in [-0.25, -0.2) is 8.42 Å². The summed E-state index contributed by atoms with van der Waals surface area (Å²) in [5.41, 5.74) is 1.75. The van der Waals surface area contributed by atoms with E-state index in [9.17, 15) is 8.42 Å². The number of morpholine rings is 1. The molecule has 8 heteroatoms. The number of benzene rings is 1. The van der Waals surface area contributed by atoms with Crippen molar-refractivity contribution in [1.29, 1.82) is 0 Å². The van der Waals surface area contributed by atoms with E-state index in [4.69, 9.17) is 16.3 Å². The molecule has 2 aromatic rings. The molecule has 1 fully saturated rings. The van der Waals surface area contributed by atoms with Crippen molar-refractivity contribution in [3.05, 3.63) is 53.3 Å². The summed E-state index contributed by atoms with van der Waals surface area (Å²) in [6, 6.07) is 8.66. The molecule has 1 N–H and O–H groups in total. The number of ether oxygens (including phenoxy) is 1. The monoisotopic (exact) mass is 367 g/mol. The molecule has 0 atom stereocenters. The van der Waals surface area contributed by atoms with Gasteiger partial charge in [0, 0.05) is 32.0 Å². The Kier molecular flexibility index (Phi) is 5.35. The highest BCUT2D eigenvalue weighted by atomic mass is 35.5. The summed E-state index contributed by atoms with van der Waals surface area (Å²) >= 11 is 6.04. The maximum absolute atomic E-state index is 12.6. The Morgan fingerprint density at radius 3 is 2.54 bits per heavy atom. The largest absolute Gasteiger partial charge is 0.380 e. The molecule has 24 heavy (non-hydrogen) atoms. The van der Waals surface area contributed by atoms with E-state index in [1.165, 1.54) is 4.31 Å².